The first-order chi connectivity index (χ1) is 12.8. The second-order valence-corrected chi connectivity index (χ2v) is 8.38. The molecule has 0 saturated heterocycles. The largest absolute Gasteiger partial charge is 0.332 e. The van der Waals surface area contributed by atoms with Gasteiger partial charge in [-0.15, -0.1) is 11.3 Å². The van der Waals surface area contributed by atoms with Crippen molar-refractivity contribution >= 4 is 60.2 Å². The summed E-state index contributed by atoms with van der Waals surface area (Å²) < 4.78 is 4.02. The molecule has 5 heteroatoms. The van der Waals surface area contributed by atoms with Gasteiger partial charge in [-0.2, -0.15) is 0 Å². The molecule has 3 nitrogen and oxygen atoms in total. The second-order valence-electron chi connectivity index (χ2n) is 6.04. The monoisotopic (exact) mass is 374 g/mol. The Labute approximate surface area is 158 Å². The maximum absolute atomic E-state index is 12.8. The molecule has 0 aliphatic carbocycles. The van der Waals surface area contributed by atoms with Crippen LogP contribution in [-0.4, -0.2) is 14.7 Å². The number of thiazole rings is 1. The summed E-state index contributed by atoms with van der Waals surface area (Å²) in [6.45, 7) is 0.328. The van der Waals surface area contributed by atoms with Gasteiger partial charge in [0, 0.05) is 21.8 Å². The molecule has 0 aliphatic heterocycles. The van der Waals surface area contributed by atoms with E-state index in [0.717, 1.165) is 25.6 Å². The molecular weight excluding hydrogens is 360 g/mol. The SMILES string of the molecule is O=C(Cn1c2ccccc2c2ccccc21)Sc1nc2ccccc2s1. The molecule has 0 N–H and O–H groups in total. The van der Waals surface area contributed by atoms with Gasteiger partial charge in [-0.05, 0) is 36.0 Å². The Morgan fingerprint density at radius 1 is 0.885 bits per heavy atom. The number of aromatic nitrogens is 2. The first-order valence-electron chi connectivity index (χ1n) is 8.32. The minimum atomic E-state index is 0.0931. The van der Waals surface area contributed by atoms with E-state index >= 15 is 0 Å². The van der Waals surface area contributed by atoms with E-state index in [1.165, 1.54) is 22.5 Å². The molecule has 0 spiro atoms. The van der Waals surface area contributed by atoms with Gasteiger partial charge in [-0.1, -0.05) is 48.5 Å². The quantitative estimate of drug-likeness (QED) is 0.379. The zero-order valence-electron chi connectivity index (χ0n) is 13.8. The average molecular weight is 374 g/mol. The van der Waals surface area contributed by atoms with Gasteiger partial charge in [0.25, 0.3) is 0 Å². The maximum Gasteiger partial charge on any atom is 0.215 e. The third kappa shape index (κ3) is 2.60. The first-order valence-corrected chi connectivity index (χ1v) is 9.95. The third-order valence-electron chi connectivity index (χ3n) is 4.44. The minimum Gasteiger partial charge on any atom is -0.332 e. The van der Waals surface area contributed by atoms with E-state index in [1.54, 1.807) is 11.3 Å². The van der Waals surface area contributed by atoms with Crippen LogP contribution in [0.15, 0.2) is 77.1 Å². The number of carbonyl (C=O) groups is 1. The van der Waals surface area contributed by atoms with Gasteiger partial charge in [0.2, 0.25) is 5.12 Å². The highest BCUT2D eigenvalue weighted by Crippen LogP contribution is 2.32. The Morgan fingerprint density at radius 3 is 2.19 bits per heavy atom. The molecule has 2 heterocycles. The molecule has 2 aromatic heterocycles. The van der Waals surface area contributed by atoms with Crippen LogP contribution in [-0.2, 0) is 11.3 Å². The lowest BCUT2D eigenvalue weighted by atomic mass is 10.2. The predicted octanol–water partition coefficient (Wildman–Crippen LogP) is 5.72. The van der Waals surface area contributed by atoms with Crippen molar-refractivity contribution in [3.63, 3.8) is 0 Å². The molecule has 0 aliphatic rings. The van der Waals surface area contributed by atoms with Gasteiger partial charge in [-0.25, -0.2) is 4.98 Å². The maximum atomic E-state index is 12.8. The van der Waals surface area contributed by atoms with Crippen molar-refractivity contribution in [1.29, 1.82) is 0 Å². The van der Waals surface area contributed by atoms with Gasteiger partial charge in [0.15, 0.2) is 4.34 Å². The molecule has 0 fully saturated rings. The summed E-state index contributed by atoms with van der Waals surface area (Å²) in [5.74, 6) is 0. The van der Waals surface area contributed by atoms with Crippen LogP contribution in [0.5, 0.6) is 0 Å². The Bertz CT molecular complexity index is 1180. The summed E-state index contributed by atoms with van der Waals surface area (Å²) >= 11 is 2.80. The lowest BCUT2D eigenvalue weighted by molar-refractivity contribution is -0.111. The second kappa shape index (κ2) is 6.27. The molecule has 0 unspecified atom stereocenters. The van der Waals surface area contributed by atoms with E-state index in [9.17, 15) is 4.79 Å². The highest BCUT2D eigenvalue weighted by molar-refractivity contribution is 8.15. The number of nitrogens with zero attached hydrogens (tertiary/aromatic N) is 2. The van der Waals surface area contributed by atoms with E-state index in [2.05, 4.69) is 33.8 Å². The van der Waals surface area contributed by atoms with Crippen molar-refractivity contribution < 1.29 is 4.79 Å². The number of hydrogen-bond acceptors (Lipinski definition) is 4. The summed E-state index contributed by atoms with van der Waals surface area (Å²) in [6, 6.07) is 24.5. The molecule has 0 radical (unpaired) electrons. The predicted molar refractivity (Wildman–Crippen MR) is 110 cm³/mol. The van der Waals surface area contributed by atoms with Crippen LogP contribution in [0.3, 0.4) is 0 Å². The van der Waals surface area contributed by atoms with E-state index in [1.807, 2.05) is 48.5 Å². The number of para-hydroxylation sites is 3. The lowest BCUT2D eigenvalue weighted by Crippen LogP contribution is -2.06. The smallest absolute Gasteiger partial charge is 0.215 e. The summed E-state index contributed by atoms with van der Waals surface area (Å²) in [6.07, 6.45) is 0. The van der Waals surface area contributed by atoms with Crippen molar-refractivity contribution in [3.8, 4) is 0 Å². The number of rotatable bonds is 3. The Balaban J connectivity index is 1.51. The molecule has 26 heavy (non-hydrogen) atoms. The molecule has 0 atom stereocenters. The van der Waals surface area contributed by atoms with E-state index in [0.29, 0.717) is 6.54 Å². The molecule has 5 rings (SSSR count). The number of fused-ring (bicyclic) bond motifs is 4. The highest BCUT2D eigenvalue weighted by Gasteiger charge is 2.15. The van der Waals surface area contributed by atoms with Crippen LogP contribution in [0.4, 0.5) is 0 Å². The van der Waals surface area contributed by atoms with Crippen LogP contribution in [0.2, 0.25) is 0 Å². The number of thioether (sulfide) groups is 1. The van der Waals surface area contributed by atoms with E-state index in [-0.39, 0.29) is 5.12 Å². The van der Waals surface area contributed by atoms with Gasteiger partial charge in [0.1, 0.15) is 0 Å². The zero-order valence-corrected chi connectivity index (χ0v) is 15.4. The van der Waals surface area contributed by atoms with E-state index in [4.69, 9.17) is 0 Å². The summed E-state index contributed by atoms with van der Waals surface area (Å²) in [4.78, 5) is 17.3. The molecule has 126 valence electrons. The molecule has 0 saturated carbocycles. The fourth-order valence-electron chi connectivity index (χ4n) is 3.33. The fraction of sp³-hybridized carbons (Fsp3) is 0.0476. The first kappa shape index (κ1) is 15.6. The van der Waals surface area contributed by atoms with Crippen molar-refractivity contribution in [2.45, 2.75) is 10.9 Å². The van der Waals surface area contributed by atoms with Gasteiger partial charge >= 0.3 is 0 Å². The summed E-state index contributed by atoms with van der Waals surface area (Å²) in [7, 11) is 0. The lowest BCUT2D eigenvalue weighted by Gasteiger charge is -2.05. The molecule has 3 aromatic carbocycles. The Hall–Kier alpha value is -2.63. The minimum absolute atomic E-state index is 0.0931. The molecule has 0 bridgehead atoms. The number of benzene rings is 3. The summed E-state index contributed by atoms with van der Waals surface area (Å²) in [5, 5.41) is 2.46. The van der Waals surface area contributed by atoms with E-state index < -0.39 is 0 Å². The van der Waals surface area contributed by atoms with Crippen molar-refractivity contribution in [1.82, 2.24) is 9.55 Å². The van der Waals surface area contributed by atoms with Crippen molar-refractivity contribution in [2.75, 3.05) is 0 Å². The highest BCUT2D eigenvalue weighted by atomic mass is 32.2. The average Bonchev–Trinajstić information content (AvgIpc) is 3.21. The topological polar surface area (TPSA) is 34.9 Å². The summed E-state index contributed by atoms with van der Waals surface area (Å²) in [5.41, 5.74) is 3.13. The van der Waals surface area contributed by atoms with Gasteiger partial charge in [0.05, 0.1) is 16.8 Å². The molecular formula is C21H14N2OS2. The third-order valence-corrected chi connectivity index (χ3v) is 6.40. The Kier molecular flexibility index (Phi) is 3.76. The van der Waals surface area contributed by atoms with Crippen molar-refractivity contribution in [2.24, 2.45) is 0 Å². The van der Waals surface area contributed by atoms with Gasteiger partial charge in [-0.3, -0.25) is 4.79 Å². The van der Waals surface area contributed by atoms with Crippen LogP contribution in [0, 0.1) is 0 Å². The number of carbonyl (C=O) groups excluding carboxylic acids is 1. The standard InChI is InChI=1S/C21H14N2OS2/c24-20(26-21-22-16-9-3-6-12-19(16)25-21)13-23-17-10-4-1-7-14(17)15-8-2-5-11-18(15)23/h1-12H,13H2. The normalized spacial score (nSPS) is 11.5. The van der Waals surface area contributed by atoms with Crippen LogP contribution in [0.1, 0.15) is 0 Å². The Morgan fingerprint density at radius 2 is 1.50 bits per heavy atom. The van der Waals surface area contributed by atoms with Crippen LogP contribution >= 0.6 is 23.1 Å². The van der Waals surface area contributed by atoms with Crippen LogP contribution < -0.4 is 0 Å². The molecule has 0 amide bonds. The van der Waals surface area contributed by atoms with Crippen LogP contribution in [0.25, 0.3) is 32.0 Å². The molecule has 5 aromatic rings. The fourth-order valence-corrected chi connectivity index (χ4v) is 5.27. The van der Waals surface area contributed by atoms with Gasteiger partial charge < -0.3 is 4.57 Å². The number of hydrogen-bond donors (Lipinski definition) is 0. The van der Waals surface area contributed by atoms with Crippen molar-refractivity contribution in [3.05, 3.63) is 72.8 Å². The zero-order chi connectivity index (χ0) is 17.5.